The first kappa shape index (κ1) is 37.5. The van der Waals surface area contributed by atoms with Gasteiger partial charge in [0, 0.05) is 23.6 Å². The second kappa shape index (κ2) is 15.0. The maximum Gasteiger partial charge on any atom is 0.145 e. The van der Waals surface area contributed by atoms with Crippen molar-refractivity contribution in [1.29, 1.82) is 0 Å². The molecule has 3 aromatic heterocycles. The molecule has 0 amide bonds. The first-order valence-electron chi connectivity index (χ1n) is 22.2. The molecule has 1 aliphatic rings. The Bertz CT molecular complexity index is 3610. The van der Waals surface area contributed by atoms with Crippen LogP contribution >= 0.6 is 0 Å². The third kappa shape index (κ3) is 5.59. The molecular formula is C60H42N4. The van der Waals surface area contributed by atoms with E-state index in [2.05, 4.69) is 187 Å². The number of aromatic nitrogens is 4. The number of nitrogens with zero attached hydrogens (tertiary/aromatic N) is 4. The molecule has 0 radical (unpaired) electrons. The van der Waals surface area contributed by atoms with Crippen LogP contribution in [0, 0.1) is 0 Å². The molecule has 302 valence electrons. The van der Waals surface area contributed by atoms with Gasteiger partial charge >= 0.3 is 0 Å². The maximum absolute atomic E-state index is 5.17. The fraction of sp³-hybridized carbons (Fsp3) is 0.0500. The highest BCUT2D eigenvalue weighted by molar-refractivity contribution is 6.25. The Kier molecular flexibility index (Phi) is 8.80. The van der Waals surface area contributed by atoms with E-state index in [4.69, 9.17) is 15.0 Å². The molecule has 0 saturated heterocycles. The number of para-hydroxylation sites is 2. The number of pyridine rings is 2. The van der Waals surface area contributed by atoms with Crippen molar-refractivity contribution in [2.24, 2.45) is 0 Å². The number of fused-ring (bicyclic) bond motifs is 4. The lowest BCUT2D eigenvalue weighted by atomic mass is 9.71. The van der Waals surface area contributed by atoms with Gasteiger partial charge in [0.25, 0.3) is 0 Å². The van der Waals surface area contributed by atoms with E-state index in [9.17, 15) is 0 Å². The van der Waals surface area contributed by atoms with Gasteiger partial charge < -0.3 is 0 Å². The van der Waals surface area contributed by atoms with Crippen LogP contribution in [-0.4, -0.2) is 19.5 Å². The van der Waals surface area contributed by atoms with Crippen molar-refractivity contribution < 1.29 is 0 Å². The van der Waals surface area contributed by atoms with Crippen LogP contribution in [0.25, 0.3) is 93.8 Å². The van der Waals surface area contributed by atoms with E-state index >= 15 is 0 Å². The Labute approximate surface area is 372 Å². The number of benzene rings is 9. The van der Waals surface area contributed by atoms with Crippen molar-refractivity contribution in [3.63, 3.8) is 0 Å². The molecule has 0 atom stereocenters. The Morgan fingerprint density at radius 2 is 0.969 bits per heavy atom. The van der Waals surface area contributed by atoms with Crippen molar-refractivity contribution in [1.82, 2.24) is 19.5 Å². The van der Waals surface area contributed by atoms with Gasteiger partial charge in [0.05, 0.1) is 22.4 Å². The monoisotopic (exact) mass is 818 g/mol. The van der Waals surface area contributed by atoms with Crippen LogP contribution in [0.5, 0.6) is 0 Å². The van der Waals surface area contributed by atoms with Crippen LogP contribution in [0.4, 0.5) is 0 Å². The second-order valence-electron chi connectivity index (χ2n) is 16.3. The molecule has 9 aromatic carbocycles. The summed E-state index contributed by atoms with van der Waals surface area (Å²) in [7, 11) is 0. The molecule has 0 spiro atoms. The summed E-state index contributed by atoms with van der Waals surface area (Å²) in [4.78, 5) is 15.4. The highest BCUT2D eigenvalue weighted by Crippen LogP contribution is 2.57. The Hall–Kier alpha value is -8.21. The normalized spacial score (nSPS) is 12.7. The molecule has 64 heavy (non-hydrogen) atoms. The lowest BCUT2D eigenvalue weighted by Crippen LogP contribution is -2.31. The van der Waals surface area contributed by atoms with Gasteiger partial charge in [0.1, 0.15) is 11.2 Å². The molecule has 0 saturated carbocycles. The summed E-state index contributed by atoms with van der Waals surface area (Å²) in [5.74, 6) is 0.923. The molecule has 0 aliphatic heterocycles. The van der Waals surface area contributed by atoms with Crippen LogP contribution < -0.4 is 0 Å². The molecule has 4 nitrogen and oxygen atoms in total. The quantitative estimate of drug-likeness (QED) is 0.157. The van der Waals surface area contributed by atoms with E-state index in [1.54, 1.807) is 0 Å². The van der Waals surface area contributed by atoms with E-state index < -0.39 is 5.41 Å². The van der Waals surface area contributed by atoms with Gasteiger partial charge in [-0.2, -0.15) is 0 Å². The topological polar surface area (TPSA) is 43.6 Å². The summed E-state index contributed by atoms with van der Waals surface area (Å²) in [6, 6.07) is 74.5. The van der Waals surface area contributed by atoms with E-state index in [-0.39, 0.29) is 0 Å². The number of imidazole rings is 1. The summed E-state index contributed by atoms with van der Waals surface area (Å²) in [6.45, 7) is 4.00. The lowest BCUT2D eigenvalue weighted by Gasteiger charge is -2.32. The van der Waals surface area contributed by atoms with Crippen LogP contribution in [0.15, 0.2) is 219 Å². The third-order valence-corrected chi connectivity index (χ3v) is 13.1. The fourth-order valence-electron chi connectivity index (χ4n) is 10.4. The van der Waals surface area contributed by atoms with Crippen molar-refractivity contribution in [3.05, 3.63) is 241 Å². The zero-order valence-corrected chi connectivity index (χ0v) is 35.6. The largest absolute Gasteiger partial charge is 0.292 e. The van der Waals surface area contributed by atoms with Crippen LogP contribution in [0.1, 0.15) is 36.4 Å². The fourth-order valence-corrected chi connectivity index (χ4v) is 10.4. The zero-order valence-electron chi connectivity index (χ0n) is 35.6. The average Bonchev–Trinajstić information content (AvgIpc) is 3.91. The Balaban J connectivity index is 0.00000214. The maximum atomic E-state index is 5.17. The van der Waals surface area contributed by atoms with Crippen LogP contribution in [0.3, 0.4) is 0 Å². The SMILES string of the molecule is CC.c1ccc(-c2nc3ccccc3n2-c2ccc(-c3ccc4c(c3)C(c3ccccn3)(c3ccccn3)c3cc(-c5ccc6ccc7cccc8ccc5c6c78)ccc3-4)cc2)cc1. The van der Waals surface area contributed by atoms with Gasteiger partial charge in [-0.25, -0.2) is 4.98 Å². The minimum Gasteiger partial charge on any atom is -0.292 e. The Morgan fingerprint density at radius 1 is 0.406 bits per heavy atom. The predicted octanol–water partition coefficient (Wildman–Crippen LogP) is 15.1. The highest BCUT2D eigenvalue weighted by atomic mass is 15.1. The van der Waals surface area contributed by atoms with E-state index in [0.29, 0.717) is 0 Å². The third-order valence-electron chi connectivity index (χ3n) is 13.1. The molecule has 1 aliphatic carbocycles. The molecule has 12 aromatic rings. The van der Waals surface area contributed by atoms with Crippen molar-refractivity contribution in [2.75, 3.05) is 0 Å². The van der Waals surface area contributed by atoms with Crippen molar-refractivity contribution in [2.45, 2.75) is 19.3 Å². The van der Waals surface area contributed by atoms with Gasteiger partial charge in [-0.15, -0.1) is 0 Å². The molecule has 0 N–H and O–H groups in total. The van der Waals surface area contributed by atoms with E-state index in [0.717, 1.165) is 50.6 Å². The minimum atomic E-state index is -0.775. The summed E-state index contributed by atoms with van der Waals surface area (Å²) >= 11 is 0. The van der Waals surface area contributed by atoms with Gasteiger partial charge in [-0.1, -0.05) is 159 Å². The number of rotatable bonds is 6. The van der Waals surface area contributed by atoms with Gasteiger partial charge in [-0.05, 0) is 137 Å². The van der Waals surface area contributed by atoms with Crippen LogP contribution in [-0.2, 0) is 5.41 Å². The standard InChI is InChI=1S/C58H36N4.C2H6/c1-2-11-41(12-3-1)57-61-51-15-4-5-16-52(51)62(57)44-27-21-37(22-28-44)42-25-30-46-47-31-26-43(45-29-23-40-20-19-38-13-10-14-39-24-32-48(45)56(40)55(38)39)36-50(47)58(49(46)35-42,53-17-6-8-33-59-53)54-18-7-9-34-60-54;1-2/h1-36H;1-2H3. The molecule has 0 bridgehead atoms. The molecule has 0 fully saturated rings. The minimum absolute atomic E-state index is 0.775. The first-order valence-corrected chi connectivity index (χ1v) is 22.2. The Morgan fingerprint density at radius 3 is 1.66 bits per heavy atom. The molecule has 0 unspecified atom stereocenters. The average molecular weight is 819 g/mol. The lowest BCUT2D eigenvalue weighted by molar-refractivity contribution is 0.706. The first-order chi connectivity index (χ1) is 31.7. The summed E-state index contributed by atoms with van der Waals surface area (Å²) in [5.41, 5.74) is 14.7. The van der Waals surface area contributed by atoms with E-state index in [1.165, 1.54) is 65.7 Å². The number of hydrogen-bond donors (Lipinski definition) is 0. The zero-order chi connectivity index (χ0) is 42.8. The molecular weight excluding hydrogens is 777 g/mol. The van der Waals surface area contributed by atoms with Crippen molar-refractivity contribution >= 4 is 43.4 Å². The second-order valence-corrected chi connectivity index (χ2v) is 16.3. The number of hydrogen-bond acceptors (Lipinski definition) is 3. The van der Waals surface area contributed by atoms with Crippen LogP contribution in [0.2, 0.25) is 0 Å². The summed E-state index contributed by atoms with van der Waals surface area (Å²) < 4.78 is 2.26. The van der Waals surface area contributed by atoms with Gasteiger partial charge in [0.15, 0.2) is 0 Å². The molecule has 3 heterocycles. The molecule has 4 heteroatoms. The smallest absolute Gasteiger partial charge is 0.145 e. The highest BCUT2D eigenvalue weighted by Gasteiger charge is 2.48. The van der Waals surface area contributed by atoms with E-state index in [1.807, 2.05) is 50.5 Å². The summed E-state index contributed by atoms with van der Waals surface area (Å²) in [6.07, 6.45) is 3.82. The van der Waals surface area contributed by atoms with Crippen molar-refractivity contribution in [3.8, 4) is 50.5 Å². The predicted molar refractivity (Wildman–Crippen MR) is 265 cm³/mol. The molecule has 13 rings (SSSR count). The van der Waals surface area contributed by atoms with Gasteiger partial charge in [-0.3, -0.25) is 14.5 Å². The summed E-state index contributed by atoms with van der Waals surface area (Å²) in [5, 5.41) is 7.69. The van der Waals surface area contributed by atoms with Gasteiger partial charge in [0.2, 0.25) is 0 Å².